The van der Waals surface area contributed by atoms with E-state index in [4.69, 9.17) is 4.74 Å². The minimum atomic E-state index is -0.269. The van der Waals surface area contributed by atoms with Gasteiger partial charge in [-0.25, -0.2) is 0 Å². The summed E-state index contributed by atoms with van der Waals surface area (Å²) in [5.41, 5.74) is 0. The quantitative estimate of drug-likeness (QED) is 0.541. The maximum absolute atomic E-state index is 12.0. The highest BCUT2D eigenvalue weighted by Gasteiger charge is 2.12. The van der Waals surface area contributed by atoms with Gasteiger partial charge in [-0.1, -0.05) is 27.2 Å². The molecule has 0 aromatic rings. The molecule has 0 fully saturated rings. The van der Waals surface area contributed by atoms with Crippen LogP contribution < -0.4 is 0 Å². The second-order valence-electron chi connectivity index (χ2n) is 3.48. The van der Waals surface area contributed by atoms with Crippen LogP contribution in [-0.2, 0) is 4.74 Å². The van der Waals surface area contributed by atoms with E-state index in [1.54, 1.807) is 0 Å². The molecule has 12 heavy (non-hydrogen) atoms. The summed E-state index contributed by atoms with van der Waals surface area (Å²) >= 11 is 0. The van der Waals surface area contributed by atoms with Gasteiger partial charge in [0, 0.05) is 13.0 Å². The van der Waals surface area contributed by atoms with Crippen LogP contribution in [0.2, 0.25) is 0 Å². The van der Waals surface area contributed by atoms with Crippen LogP contribution in [0.25, 0.3) is 0 Å². The summed E-state index contributed by atoms with van der Waals surface area (Å²) in [6, 6.07) is 0. The molecule has 0 saturated carbocycles. The molecule has 0 heterocycles. The van der Waals surface area contributed by atoms with Crippen LogP contribution in [-0.4, -0.2) is 19.4 Å². The fourth-order valence-electron chi connectivity index (χ4n) is 1.10. The van der Waals surface area contributed by atoms with E-state index in [9.17, 15) is 4.39 Å². The van der Waals surface area contributed by atoms with Crippen molar-refractivity contribution >= 4 is 0 Å². The maximum atomic E-state index is 12.0. The Bertz CT molecular complexity index is 93.8. The lowest BCUT2D eigenvalue weighted by atomic mass is 10.1. The Balaban J connectivity index is 3.49. The number of unbranched alkanes of at least 4 members (excludes halogenated alkanes) is 1. The minimum absolute atomic E-state index is 0.113. The molecule has 0 N–H and O–H groups in total. The highest BCUT2D eigenvalue weighted by atomic mass is 19.1. The van der Waals surface area contributed by atoms with Crippen molar-refractivity contribution < 1.29 is 9.13 Å². The lowest BCUT2D eigenvalue weighted by molar-refractivity contribution is 0.0115. The average Bonchev–Trinajstić information content (AvgIpc) is 2.03. The van der Waals surface area contributed by atoms with Crippen molar-refractivity contribution in [3.63, 3.8) is 0 Å². The topological polar surface area (TPSA) is 9.23 Å². The van der Waals surface area contributed by atoms with Crippen LogP contribution in [0.1, 0.15) is 40.0 Å². The minimum Gasteiger partial charge on any atom is -0.378 e. The lowest BCUT2D eigenvalue weighted by Crippen LogP contribution is -2.21. The van der Waals surface area contributed by atoms with Gasteiger partial charge in [0.2, 0.25) is 0 Å². The van der Waals surface area contributed by atoms with Crippen molar-refractivity contribution in [1.82, 2.24) is 0 Å². The van der Waals surface area contributed by atoms with Crippen LogP contribution in [0.4, 0.5) is 4.39 Å². The van der Waals surface area contributed by atoms with Crippen LogP contribution in [0.3, 0.4) is 0 Å². The molecule has 2 heteroatoms. The largest absolute Gasteiger partial charge is 0.378 e. The highest BCUT2D eigenvalue weighted by Crippen LogP contribution is 2.11. The molecular formula is C10H21FO. The summed E-state index contributed by atoms with van der Waals surface area (Å²) < 4.78 is 17.6. The molecule has 0 aromatic carbocycles. The third kappa shape index (κ3) is 5.53. The monoisotopic (exact) mass is 176 g/mol. The van der Waals surface area contributed by atoms with Gasteiger partial charge in [-0.3, -0.25) is 4.39 Å². The molecule has 1 unspecified atom stereocenters. The van der Waals surface area contributed by atoms with Crippen molar-refractivity contribution in [2.24, 2.45) is 5.92 Å². The van der Waals surface area contributed by atoms with Crippen LogP contribution in [0.15, 0.2) is 0 Å². The maximum Gasteiger partial charge on any atom is 0.0919 e. The highest BCUT2D eigenvalue weighted by molar-refractivity contribution is 4.61. The second-order valence-corrected chi connectivity index (χ2v) is 3.48. The van der Waals surface area contributed by atoms with E-state index in [-0.39, 0.29) is 12.8 Å². The zero-order valence-corrected chi connectivity index (χ0v) is 8.48. The Morgan fingerprint density at radius 2 is 2.00 bits per heavy atom. The molecule has 0 saturated heterocycles. The van der Waals surface area contributed by atoms with E-state index >= 15 is 0 Å². The summed E-state index contributed by atoms with van der Waals surface area (Å²) in [5, 5.41) is 0. The number of alkyl halides is 1. The molecule has 0 aromatic heterocycles. The smallest absolute Gasteiger partial charge is 0.0919 e. The zero-order chi connectivity index (χ0) is 9.40. The average molecular weight is 176 g/mol. The molecule has 1 atom stereocenters. The summed E-state index contributed by atoms with van der Waals surface area (Å²) in [7, 11) is 0. The number of hydrogen-bond donors (Lipinski definition) is 0. The molecule has 0 bridgehead atoms. The zero-order valence-electron chi connectivity index (χ0n) is 8.48. The fraction of sp³-hybridized carbons (Fsp3) is 1.00. The number of rotatable bonds is 7. The summed E-state index contributed by atoms with van der Waals surface area (Å²) in [6.45, 7) is 6.79. The van der Waals surface area contributed by atoms with Gasteiger partial charge < -0.3 is 4.74 Å². The van der Waals surface area contributed by atoms with Gasteiger partial charge in [-0.05, 0) is 12.3 Å². The Morgan fingerprint density at radius 3 is 2.42 bits per heavy atom. The van der Waals surface area contributed by atoms with Crippen molar-refractivity contribution in [3.05, 3.63) is 0 Å². The second kappa shape index (κ2) is 7.53. The first-order valence-corrected chi connectivity index (χ1v) is 4.90. The van der Waals surface area contributed by atoms with Crippen molar-refractivity contribution in [3.8, 4) is 0 Å². The SMILES string of the molecule is CCCCOC(CCF)C(C)C. The van der Waals surface area contributed by atoms with Gasteiger partial charge >= 0.3 is 0 Å². The first-order chi connectivity index (χ1) is 5.72. The summed E-state index contributed by atoms with van der Waals surface area (Å²) in [6.07, 6.45) is 2.87. The Hall–Kier alpha value is -0.110. The Kier molecular flexibility index (Phi) is 7.47. The van der Waals surface area contributed by atoms with E-state index in [0.717, 1.165) is 19.4 Å². The molecule has 0 aliphatic rings. The van der Waals surface area contributed by atoms with Gasteiger partial charge in [0.1, 0.15) is 0 Å². The van der Waals surface area contributed by atoms with E-state index in [2.05, 4.69) is 20.8 Å². The van der Waals surface area contributed by atoms with Gasteiger partial charge in [0.15, 0.2) is 0 Å². The molecule has 0 aliphatic carbocycles. The third-order valence-corrected chi connectivity index (χ3v) is 1.97. The summed E-state index contributed by atoms with van der Waals surface area (Å²) in [4.78, 5) is 0. The molecule has 1 nitrogen and oxygen atoms in total. The molecule has 0 aliphatic heterocycles. The normalized spacial score (nSPS) is 13.8. The van der Waals surface area contributed by atoms with E-state index in [0.29, 0.717) is 12.3 Å². The predicted octanol–water partition coefficient (Wildman–Crippen LogP) is 3.19. The van der Waals surface area contributed by atoms with E-state index in [1.165, 1.54) is 0 Å². The molecule has 0 spiro atoms. The Morgan fingerprint density at radius 1 is 1.33 bits per heavy atom. The number of halogens is 1. The molecular weight excluding hydrogens is 155 g/mol. The van der Waals surface area contributed by atoms with Crippen molar-refractivity contribution in [2.45, 2.75) is 46.1 Å². The number of hydrogen-bond acceptors (Lipinski definition) is 1. The van der Waals surface area contributed by atoms with Crippen LogP contribution in [0.5, 0.6) is 0 Å². The molecule has 0 amide bonds. The fourth-order valence-corrected chi connectivity index (χ4v) is 1.10. The van der Waals surface area contributed by atoms with E-state index in [1.807, 2.05) is 0 Å². The van der Waals surface area contributed by atoms with Crippen molar-refractivity contribution in [1.29, 1.82) is 0 Å². The van der Waals surface area contributed by atoms with Gasteiger partial charge in [0.05, 0.1) is 12.8 Å². The first-order valence-electron chi connectivity index (χ1n) is 4.90. The lowest BCUT2D eigenvalue weighted by Gasteiger charge is -2.19. The van der Waals surface area contributed by atoms with Gasteiger partial charge in [-0.2, -0.15) is 0 Å². The van der Waals surface area contributed by atoms with Gasteiger partial charge in [0.25, 0.3) is 0 Å². The van der Waals surface area contributed by atoms with Crippen molar-refractivity contribution in [2.75, 3.05) is 13.3 Å². The summed E-state index contributed by atoms with van der Waals surface area (Å²) in [5.74, 6) is 0.428. The standard InChI is InChI=1S/C10H21FO/c1-4-5-8-12-10(6-7-11)9(2)3/h9-10H,4-8H2,1-3H3. The third-order valence-electron chi connectivity index (χ3n) is 1.97. The number of ether oxygens (including phenoxy) is 1. The van der Waals surface area contributed by atoms with Crippen LogP contribution in [0, 0.1) is 5.92 Å². The van der Waals surface area contributed by atoms with Gasteiger partial charge in [-0.15, -0.1) is 0 Å². The van der Waals surface area contributed by atoms with E-state index < -0.39 is 0 Å². The molecule has 74 valence electrons. The molecule has 0 rings (SSSR count). The molecule has 0 radical (unpaired) electrons. The Labute approximate surface area is 75.3 Å². The predicted molar refractivity (Wildman–Crippen MR) is 50.1 cm³/mol. The van der Waals surface area contributed by atoms with Crippen LogP contribution >= 0.6 is 0 Å². The first kappa shape index (κ1) is 11.9.